The van der Waals surface area contributed by atoms with Crippen molar-refractivity contribution in [3.05, 3.63) is 24.3 Å². The molecule has 17 heavy (non-hydrogen) atoms. The van der Waals surface area contributed by atoms with Gasteiger partial charge in [-0.3, -0.25) is 8.75 Å². The van der Waals surface area contributed by atoms with Crippen LogP contribution in [0.15, 0.2) is 29.2 Å². The minimum absolute atomic E-state index is 0.305. The lowest BCUT2D eigenvalue weighted by Gasteiger charge is -2.07. The largest absolute Gasteiger partial charge is 0.413 e. The molecule has 0 fully saturated rings. The second-order valence-electron chi connectivity index (χ2n) is 2.92. The van der Waals surface area contributed by atoms with E-state index in [-0.39, 0.29) is 8.46 Å². The maximum absolute atomic E-state index is 11.8. The summed E-state index contributed by atoms with van der Waals surface area (Å²) >= 11 is 0. The first-order chi connectivity index (χ1) is 7.74. The maximum Gasteiger partial charge on any atom is 0.413 e. The summed E-state index contributed by atoms with van der Waals surface area (Å²) in [4.78, 5) is -0.422. The molecular formula is C8H6F3O4PS. The van der Waals surface area contributed by atoms with Crippen LogP contribution in [0, 0.1) is 0 Å². The lowest BCUT2D eigenvalue weighted by Crippen LogP contribution is -2.20. The highest BCUT2D eigenvalue weighted by atomic mass is 32.2. The van der Waals surface area contributed by atoms with E-state index in [4.69, 9.17) is 0 Å². The quantitative estimate of drug-likeness (QED) is 0.626. The Labute approximate surface area is 96.7 Å². The maximum atomic E-state index is 11.8. The van der Waals surface area contributed by atoms with Crippen molar-refractivity contribution in [1.82, 2.24) is 0 Å². The van der Waals surface area contributed by atoms with E-state index >= 15 is 0 Å². The van der Waals surface area contributed by atoms with E-state index in [2.05, 4.69) is 4.18 Å². The zero-order chi connectivity index (χ0) is 13.1. The summed E-state index contributed by atoms with van der Waals surface area (Å²) in [6, 6.07) is 4.45. The Hall–Kier alpha value is -0.980. The fourth-order valence-corrected chi connectivity index (χ4v) is 2.05. The number of rotatable bonds is 4. The second-order valence-corrected chi connectivity index (χ2v) is 5.23. The van der Waals surface area contributed by atoms with Crippen LogP contribution < -0.4 is 5.30 Å². The summed E-state index contributed by atoms with van der Waals surface area (Å²) < 4.78 is 72.1. The average Bonchev–Trinajstić information content (AvgIpc) is 2.26. The van der Waals surface area contributed by atoms with Crippen LogP contribution in [0.25, 0.3) is 0 Å². The van der Waals surface area contributed by atoms with Crippen LogP contribution in [-0.4, -0.2) is 21.2 Å². The summed E-state index contributed by atoms with van der Waals surface area (Å²) in [5.74, 6) is 0. The zero-order valence-corrected chi connectivity index (χ0v) is 9.85. The SMILES string of the molecule is O=Pc1ccc(S(=O)(=O)OCC(F)(F)F)cc1. The first-order valence-electron chi connectivity index (χ1n) is 4.14. The zero-order valence-electron chi connectivity index (χ0n) is 8.14. The van der Waals surface area contributed by atoms with Crippen molar-refractivity contribution < 1.29 is 30.3 Å². The van der Waals surface area contributed by atoms with Gasteiger partial charge in [0, 0.05) is 5.30 Å². The third-order valence-electron chi connectivity index (χ3n) is 1.61. The predicted molar refractivity (Wildman–Crippen MR) is 52.9 cm³/mol. The van der Waals surface area contributed by atoms with Gasteiger partial charge in [0.25, 0.3) is 10.1 Å². The van der Waals surface area contributed by atoms with E-state index < -0.39 is 27.8 Å². The fraction of sp³-hybridized carbons (Fsp3) is 0.250. The molecule has 0 radical (unpaired) electrons. The van der Waals surface area contributed by atoms with Gasteiger partial charge in [0.15, 0.2) is 15.1 Å². The Morgan fingerprint density at radius 1 is 1.18 bits per heavy atom. The Morgan fingerprint density at radius 3 is 2.12 bits per heavy atom. The summed E-state index contributed by atoms with van der Waals surface area (Å²) in [6.45, 7) is -1.88. The van der Waals surface area contributed by atoms with Gasteiger partial charge in [-0.2, -0.15) is 21.6 Å². The molecule has 0 aliphatic heterocycles. The first-order valence-corrected chi connectivity index (χ1v) is 6.36. The molecule has 0 bridgehead atoms. The average molecular weight is 286 g/mol. The first kappa shape index (κ1) is 14.1. The highest BCUT2D eigenvalue weighted by molar-refractivity contribution is 7.86. The van der Waals surface area contributed by atoms with Crippen molar-refractivity contribution in [3.8, 4) is 0 Å². The van der Waals surface area contributed by atoms with Crippen LogP contribution in [0.5, 0.6) is 0 Å². The van der Waals surface area contributed by atoms with Crippen molar-refractivity contribution in [2.75, 3.05) is 6.61 Å². The van der Waals surface area contributed by atoms with Crippen LogP contribution in [-0.2, 0) is 18.9 Å². The number of alkyl halides is 3. The fourth-order valence-electron chi connectivity index (χ4n) is 0.886. The highest BCUT2D eigenvalue weighted by Gasteiger charge is 2.31. The van der Waals surface area contributed by atoms with Crippen LogP contribution in [0.3, 0.4) is 0 Å². The molecule has 9 heteroatoms. The molecule has 1 aromatic carbocycles. The van der Waals surface area contributed by atoms with Crippen LogP contribution >= 0.6 is 8.46 Å². The van der Waals surface area contributed by atoms with Gasteiger partial charge < -0.3 is 0 Å². The van der Waals surface area contributed by atoms with Gasteiger partial charge in [-0.1, -0.05) is 0 Å². The minimum atomic E-state index is -4.72. The molecule has 0 amide bonds. The Bertz CT molecular complexity index is 494. The number of halogens is 3. The lowest BCUT2D eigenvalue weighted by molar-refractivity contribution is -0.152. The highest BCUT2D eigenvalue weighted by Crippen LogP contribution is 2.19. The Kier molecular flexibility index (Phi) is 4.24. The van der Waals surface area contributed by atoms with Gasteiger partial charge in [-0.05, 0) is 24.3 Å². The molecular weight excluding hydrogens is 280 g/mol. The molecule has 1 rings (SSSR count). The Morgan fingerprint density at radius 2 is 1.71 bits per heavy atom. The van der Waals surface area contributed by atoms with E-state index in [9.17, 15) is 26.2 Å². The molecule has 0 atom stereocenters. The molecule has 0 spiro atoms. The number of hydrogen-bond donors (Lipinski definition) is 0. The molecule has 1 aromatic rings. The van der Waals surface area contributed by atoms with Gasteiger partial charge in [-0.15, -0.1) is 0 Å². The normalized spacial score (nSPS) is 12.9. The van der Waals surface area contributed by atoms with Crippen molar-refractivity contribution >= 4 is 23.9 Å². The van der Waals surface area contributed by atoms with Gasteiger partial charge in [0.2, 0.25) is 0 Å². The summed E-state index contributed by atoms with van der Waals surface area (Å²) in [7, 11) is -4.76. The summed E-state index contributed by atoms with van der Waals surface area (Å²) in [5.41, 5.74) is 0. The van der Waals surface area contributed by atoms with Gasteiger partial charge in [0.05, 0.1) is 4.90 Å². The molecule has 0 saturated heterocycles. The van der Waals surface area contributed by atoms with E-state index in [0.29, 0.717) is 5.30 Å². The molecule has 0 aliphatic carbocycles. The molecule has 94 valence electrons. The van der Waals surface area contributed by atoms with Gasteiger partial charge in [-0.25, -0.2) is 0 Å². The molecule has 4 nitrogen and oxygen atoms in total. The van der Waals surface area contributed by atoms with E-state index in [0.717, 1.165) is 12.1 Å². The van der Waals surface area contributed by atoms with Crippen molar-refractivity contribution in [1.29, 1.82) is 0 Å². The second kappa shape index (κ2) is 5.12. The van der Waals surface area contributed by atoms with E-state index in [1.54, 1.807) is 0 Å². The number of benzene rings is 1. The van der Waals surface area contributed by atoms with Gasteiger partial charge in [0.1, 0.15) is 0 Å². The monoisotopic (exact) mass is 286 g/mol. The summed E-state index contributed by atoms with van der Waals surface area (Å²) in [6.07, 6.45) is -4.72. The van der Waals surface area contributed by atoms with Crippen molar-refractivity contribution in [3.63, 3.8) is 0 Å². The minimum Gasteiger partial charge on any atom is -0.269 e. The van der Waals surface area contributed by atoms with E-state index in [1.165, 1.54) is 12.1 Å². The molecule has 0 saturated carbocycles. The molecule has 0 heterocycles. The molecule has 0 aromatic heterocycles. The molecule has 0 unspecified atom stereocenters. The number of hydrogen-bond acceptors (Lipinski definition) is 4. The van der Waals surface area contributed by atoms with Crippen molar-refractivity contribution in [2.24, 2.45) is 0 Å². The molecule has 0 N–H and O–H groups in total. The summed E-state index contributed by atoms with van der Waals surface area (Å²) in [5, 5.41) is 0.305. The van der Waals surface area contributed by atoms with Crippen LogP contribution in [0.4, 0.5) is 13.2 Å². The van der Waals surface area contributed by atoms with Gasteiger partial charge >= 0.3 is 6.18 Å². The third kappa shape index (κ3) is 4.41. The van der Waals surface area contributed by atoms with Crippen LogP contribution in [0.2, 0.25) is 0 Å². The predicted octanol–water partition coefficient (Wildman–Crippen LogP) is 1.87. The van der Waals surface area contributed by atoms with E-state index in [1.807, 2.05) is 0 Å². The molecule has 0 aliphatic rings. The van der Waals surface area contributed by atoms with Crippen LogP contribution in [0.1, 0.15) is 0 Å². The smallest absolute Gasteiger partial charge is 0.269 e. The topological polar surface area (TPSA) is 60.4 Å². The van der Waals surface area contributed by atoms with Crippen molar-refractivity contribution in [2.45, 2.75) is 11.1 Å². The third-order valence-corrected chi connectivity index (χ3v) is 3.40. The lowest BCUT2D eigenvalue weighted by atomic mass is 10.4. The Balaban J connectivity index is 2.86. The standard InChI is InChI=1S/C8H6F3O4PS/c9-8(10,11)5-15-17(13,14)7-3-1-6(16-12)2-4-7/h1-4H,5H2.